The molecule has 0 unspecified atom stereocenters. The first-order chi connectivity index (χ1) is 9.99. The maximum atomic E-state index is 13.6. The second kappa shape index (κ2) is 6.36. The molecule has 2 N–H and O–H groups in total. The average Bonchev–Trinajstić information content (AvgIpc) is 2.91. The third-order valence-corrected chi connectivity index (χ3v) is 3.00. The van der Waals surface area contributed by atoms with Crippen LogP contribution in [0.25, 0.3) is 0 Å². The molecule has 0 radical (unpaired) electrons. The number of nitrogens with one attached hydrogen (secondary N) is 1. The Morgan fingerprint density at radius 3 is 2.86 bits per heavy atom. The Morgan fingerprint density at radius 2 is 2.19 bits per heavy atom. The highest BCUT2D eigenvalue weighted by molar-refractivity contribution is 6.31. The standard InChI is InChI=1S/C13H11ClFN3O3/c14-9-3-1-2-8(11(9)15)12(19)16-4-5-18-6-10(13(20)21)17-7-18/h1-3,6-7H,4-5H2,(H,16,19)(H,20,21). The Labute approximate surface area is 124 Å². The molecule has 0 bridgehead atoms. The van der Waals surface area contributed by atoms with Crippen LogP contribution in [0.3, 0.4) is 0 Å². The molecule has 21 heavy (non-hydrogen) atoms. The first-order valence-electron chi connectivity index (χ1n) is 5.96. The van der Waals surface area contributed by atoms with Gasteiger partial charge in [-0.05, 0) is 12.1 Å². The molecule has 2 rings (SSSR count). The summed E-state index contributed by atoms with van der Waals surface area (Å²) < 4.78 is 15.1. The van der Waals surface area contributed by atoms with Gasteiger partial charge in [0.2, 0.25) is 0 Å². The molecule has 1 heterocycles. The van der Waals surface area contributed by atoms with Crippen molar-refractivity contribution < 1.29 is 19.1 Å². The van der Waals surface area contributed by atoms with Crippen LogP contribution in [0.4, 0.5) is 4.39 Å². The largest absolute Gasteiger partial charge is 0.476 e. The van der Waals surface area contributed by atoms with E-state index in [9.17, 15) is 14.0 Å². The Balaban J connectivity index is 1.92. The summed E-state index contributed by atoms with van der Waals surface area (Å²) in [5, 5.41) is 11.1. The minimum Gasteiger partial charge on any atom is -0.476 e. The van der Waals surface area contributed by atoms with Crippen LogP contribution in [-0.4, -0.2) is 33.1 Å². The van der Waals surface area contributed by atoms with Crippen LogP contribution < -0.4 is 5.32 Å². The molecule has 0 atom stereocenters. The Bertz CT molecular complexity index is 687. The quantitative estimate of drug-likeness (QED) is 0.882. The van der Waals surface area contributed by atoms with Crippen molar-refractivity contribution in [1.82, 2.24) is 14.9 Å². The van der Waals surface area contributed by atoms with Gasteiger partial charge in [0.15, 0.2) is 11.5 Å². The van der Waals surface area contributed by atoms with E-state index in [-0.39, 0.29) is 22.8 Å². The first kappa shape index (κ1) is 15.0. The summed E-state index contributed by atoms with van der Waals surface area (Å²) in [7, 11) is 0. The lowest BCUT2D eigenvalue weighted by atomic mass is 10.2. The van der Waals surface area contributed by atoms with E-state index in [4.69, 9.17) is 16.7 Å². The van der Waals surface area contributed by atoms with Crippen LogP contribution in [-0.2, 0) is 6.54 Å². The molecule has 1 aromatic heterocycles. The minimum atomic E-state index is -1.13. The second-order valence-electron chi connectivity index (χ2n) is 4.16. The number of carbonyl (C=O) groups excluding carboxylic acids is 1. The van der Waals surface area contributed by atoms with Gasteiger partial charge in [-0.2, -0.15) is 0 Å². The highest BCUT2D eigenvalue weighted by Gasteiger charge is 2.13. The van der Waals surface area contributed by atoms with E-state index in [2.05, 4.69) is 10.3 Å². The molecule has 0 saturated heterocycles. The lowest BCUT2D eigenvalue weighted by Gasteiger charge is -2.07. The van der Waals surface area contributed by atoms with Crippen molar-refractivity contribution in [3.63, 3.8) is 0 Å². The van der Waals surface area contributed by atoms with E-state index < -0.39 is 17.7 Å². The number of carboxylic acids is 1. The van der Waals surface area contributed by atoms with E-state index in [1.54, 1.807) is 0 Å². The van der Waals surface area contributed by atoms with E-state index in [0.717, 1.165) is 0 Å². The number of hydrogen-bond donors (Lipinski definition) is 2. The summed E-state index contributed by atoms with van der Waals surface area (Å²) in [4.78, 5) is 26.1. The van der Waals surface area contributed by atoms with Crippen LogP contribution in [0, 0.1) is 5.82 Å². The number of rotatable bonds is 5. The summed E-state index contributed by atoms with van der Waals surface area (Å²) in [5.41, 5.74) is -0.221. The number of amides is 1. The van der Waals surface area contributed by atoms with Crippen LogP contribution in [0.2, 0.25) is 5.02 Å². The van der Waals surface area contributed by atoms with Crippen molar-refractivity contribution in [2.75, 3.05) is 6.54 Å². The number of carbonyl (C=O) groups is 2. The SMILES string of the molecule is O=C(O)c1cn(CCNC(=O)c2cccc(Cl)c2F)cn1. The maximum Gasteiger partial charge on any atom is 0.356 e. The number of benzene rings is 1. The Hall–Kier alpha value is -2.41. The van der Waals surface area contributed by atoms with Gasteiger partial charge in [-0.1, -0.05) is 17.7 Å². The molecule has 2 aromatic rings. The van der Waals surface area contributed by atoms with Crippen molar-refractivity contribution in [2.24, 2.45) is 0 Å². The minimum absolute atomic E-state index is 0.0813. The topological polar surface area (TPSA) is 84.2 Å². The molecule has 0 aliphatic heterocycles. The lowest BCUT2D eigenvalue weighted by molar-refractivity contribution is 0.0690. The number of hydrogen-bond acceptors (Lipinski definition) is 3. The molecule has 0 spiro atoms. The zero-order chi connectivity index (χ0) is 15.4. The molecule has 110 valence electrons. The van der Waals surface area contributed by atoms with Gasteiger partial charge >= 0.3 is 5.97 Å². The molecule has 1 amide bonds. The molecule has 0 fully saturated rings. The van der Waals surface area contributed by atoms with Crippen LogP contribution in [0.5, 0.6) is 0 Å². The summed E-state index contributed by atoms with van der Waals surface area (Å²) in [6.07, 6.45) is 2.68. The predicted molar refractivity (Wildman–Crippen MR) is 72.9 cm³/mol. The smallest absolute Gasteiger partial charge is 0.356 e. The van der Waals surface area contributed by atoms with Gasteiger partial charge in [0.1, 0.15) is 0 Å². The molecular weight excluding hydrogens is 301 g/mol. The number of aromatic carboxylic acids is 1. The fourth-order valence-electron chi connectivity index (χ4n) is 1.67. The van der Waals surface area contributed by atoms with Gasteiger partial charge in [-0.15, -0.1) is 0 Å². The van der Waals surface area contributed by atoms with Crippen LogP contribution in [0.1, 0.15) is 20.8 Å². The fraction of sp³-hybridized carbons (Fsp3) is 0.154. The van der Waals surface area contributed by atoms with Gasteiger partial charge in [0, 0.05) is 19.3 Å². The monoisotopic (exact) mass is 311 g/mol. The number of aromatic nitrogens is 2. The fourth-order valence-corrected chi connectivity index (χ4v) is 1.84. The van der Waals surface area contributed by atoms with Crippen molar-refractivity contribution in [3.8, 4) is 0 Å². The number of carboxylic acid groups (broad SMARTS) is 1. The number of imidazole rings is 1. The molecule has 0 saturated carbocycles. The van der Waals surface area contributed by atoms with Crippen molar-refractivity contribution >= 4 is 23.5 Å². The van der Waals surface area contributed by atoms with E-state index in [1.165, 1.54) is 35.3 Å². The molecule has 6 nitrogen and oxygen atoms in total. The van der Waals surface area contributed by atoms with E-state index >= 15 is 0 Å². The van der Waals surface area contributed by atoms with Gasteiger partial charge in [0.25, 0.3) is 5.91 Å². The Morgan fingerprint density at radius 1 is 1.43 bits per heavy atom. The molecule has 1 aromatic carbocycles. The summed E-state index contributed by atoms with van der Waals surface area (Å²) in [6.45, 7) is 0.508. The molecule has 8 heteroatoms. The third-order valence-electron chi connectivity index (χ3n) is 2.70. The maximum absolute atomic E-state index is 13.6. The van der Waals surface area contributed by atoms with Crippen LogP contribution >= 0.6 is 11.6 Å². The molecule has 0 aliphatic carbocycles. The normalized spacial score (nSPS) is 10.4. The van der Waals surface area contributed by atoms with Crippen molar-refractivity contribution in [2.45, 2.75) is 6.54 Å². The zero-order valence-corrected chi connectivity index (χ0v) is 11.5. The summed E-state index contributed by atoms with van der Waals surface area (Å²) in [6, 6.07) is 4.16. The highest BCUT2D eigenvalue weighted by atomic mass is 35.5. The predicted octanol–water partition coefficient (Wildman–Crippen LogP) is 1.80. The second-order valence-corrected chi connectivity index (χ2v) is 4.57. The van der Waals surface area contributed by atoms with Crippen molar-refractivity contribution in [1.29, 1.82) is 0 Å². The molecule has 0 aliphatic rings. The highest BCUT2D eigenvalue weighted by Crippen LogP contribution is 2.17. The van der Waals surface area contributed by atoms with Gasteiger partial charge in [-0.25, -0.2) is 14.2 Å². The van der Waals surface area contributed by atoms with E-state index in [1.807, 2.05) is 0 Å². The van der Waals surface area contributed by atoms with Crippen LogP contribution in [0.15, 0.2) is 30.7 Å². The van der Waals surface area contributed by atoms with Gasteiger partial charge < -0.3 is 15.0 Å². The van der Waals surface area contributed by atoms with Gasteiger partial charge in [0.05, 0.1) is 16.9 Å². The van der Waals surface area contributed by atoms with Gasteiger partial charge in [-0.3, -0.25) is 4.79 Å². The summed E-state index contributed by atoms with van der Waals surface area (Å²) in [5.74, 6) is -2.49. The third kappa shape index (κ3) is 3.57. The zero-order valence-electron chi connectivity index (χ0n) is 10.7. The number of nitrogens with zero attached hydrogens (tertiary/aromatic N) is 2. The Kier molecular flexibility index (Phi) is 4.54. The number of halogens is 2. The first-order valence-corrected chi connectivity index (χ1v) is 6.34. The molecular formula is C13H11ClFN3O3. The average molecular weight is 312 g/mol. The summed E-state index contributed by atoms with van der Waals surface area (Å²) >= 11 is 5.60. The van der Waals surface area contributed by atoms with E-state index in [0.29, 0.717) is 6.54 Å². The van der Waals surface area contributed by atoms with Crippen molar-refractivity contribution in [3.05, 3.63) is 52.8 Å². The lowest BCUT2D eigenvalue weighted by Crippen LogP contribution is -2.27.